The Morgan fingerprint density at radius 1 is 1.29 bits per heavy atom. The SMILES string of the molecule is O[C@H]1CCCC[C@@H]1Nc1cccc(-c2c[nH]c3ncc(Cl)cc23)n1.[HH]. The summed E-state index contributed by atoms with van der Waals surface area (Å²) >= 11 is 6.07. The lowest BCUT2D eigenvalue weighted by molar-refractivity contribution is 0.116. The van der Waals surface area contributed by atoms with Crippen LogP contribution in [0.1, 0.15) is 27.1 Å². The van der Waals surface area contributed by atoms with Crippen LogP contribution in [0.5, 0.6) is 0 Å². The fourth-order valence-electron chi connectivity index (χ4n) is 3.32. The molecular formula is C18H21ClN4O. The van der Waals surface area contributed by atoms with E-state index in [9.17, 15) is 5.11 Å². The van der Waals surface area contributed by atoms with Gasteiger partial charge in [-0.3, -0.25) is 0 Å². The van der Waals surface area contributed by atoms with E-state index in [1.54, 1.807) is 6.20 Å². The number of pyridine rings is 2. The van der Waals surface area contributed by atoms with Crippen LogP contribution in [0.4, 0.5) is 5.82 Å². The van der Waals surface area contributed by atoms with E-state index in [1.807, 2.05) is 30.5 Å². The number of aromatic amines is 1. The Bertz CT molecular complexity index is 869. The highest BCUT2D eigenvalue weighted by Gasteiger charge is 2.23. The fraction of sp³-hybridized carbons (Fsp3) is 0.333. The first-order valence-electron chi connectivity index (χ1n) is 8.25. The number of fused-ring (bicyclic) bond motifs is 1. The number of rotatable bonds is 3. The number of anilines is 1. The summed E-state index contributed by atoms with van der Waals surface area (Å²) in [5.41, 5.74) is 2.60. The normalized spacial score (nSPS) is 21.1. The Hall–Kier alpha value is -2.11. The maximum atomic E-state index is 10.1. The van der Waals surface area contributed by atoms with Crippen LogP contribution < -0.4 is 5.32 Å². The van der Waals surface area contributed by atoms with Crippen LogP contribution in [0, 0.1) is 0 Å². The van der Waals surface area contributed by atoms with Crippen LogP contribution in [0.2, 0.25) is 5.02 Å². The number of halogens is 1. The van der Waals surface area contributed by atoms with Gasteiger partial charge in [0.05, 0.1) is 22.9 Å². The molecule has 3 N–H and O–H groups in total. The van der Waals surface area contributed by atoms with Crippen molar-refractivity contribution < 1.29 is 6.53 Å². The van der Waals surface area contributed by atoms with E-state index in [0.29, 0.717) is 5.02 Å². The van der Waals surface area contributed by atoms with Gasteiger partial charge in [-0.05, 0) is 31.0 Å². The molecular weight excluding hydrogens is 324 g/mol. The van der Waals surface area contributed by atoms with E-state index in [1.165, 1.54) is 0 Å². The van der Waals surface area contributed by atoms with Gasteiger partial charge in [-0.25, -0.2) is 9.97 Å². The molecule has 3 aromatic heterocycles. The standard InChI is InChI=1S/C18H19ClN4O.H2/c19-11-8-12-13(10-21-18(12)20-9-11)14-5-3-7-17(22-14)23-15-4-1-2-6-16(15)24;/h3,5,7-10,15-16,24H,1-2,4,6H2,(H,20,21)(H,22,23);1H/t15-,16-;/m0./s1. The van der Waals surface area contributed by atoms with E-state index >= 15 is 0 Å². The van der Waals surface area contributed by atoms with Gasteiger partial charge >= 0.3 is 0 Å². The van der Waals surface area contributed by atoms with E-state index in [-0.39, 0.29) is 13.6 Å². The van der Waals surface area contributed by atoms with Crippen molar-refractivity contribution in [2.45, 2.75) is 37.8 Å². The van der Waals surface area contributed by atoms with Crippen molar-refractivity contribution in [3.8, 4) is 11.3 Å². The van der Waals surface area contributed by atoms with Crippen LogP contribution in [0.15, 0.2) is 36.7 Å². The molecule has 1 fully saturated rings. The summed E-state index contributed by atoms with van der Waals surface area (Å²) in [6, 6.07) is 7.83. The quantitative estimate of drug-likeness (QED) is 0.664. The molecule has 0 saturated heterocycles. The average Bonchev–Trinajstić information content (AvgIpc) is 3.00. The van der Waals surface area contributed by atoms with Crippen LogP contribution in [-0.2, 0) is 0 Å². The Morgan fingerprint density at radius 2 is 2.17 bits per heavy atom. The van der Waals surface area contributed by atoms with Gasteiger partial charge in [-0.2, -0.15) is 0 Å². The Balaban J connectivity index is 0.00000182. The molecule has 1 aliphatic carbocycles. The molecule has 126 valence electrons. The van der Waals surface area contributed by atoms with Crippen LogP contribution in [0.3, 0.4) is 0 Å². The van der Waals surface area contributed by atoms with E-state index in [4.69, 9.17) is 16.6 Å². The topological polar surface area (TPSA) is 73.8 Å². The van der Waals surface area contributed by atoms with Crippen LogP contribution >= 0.6 is 11.6 Å². The molecule has 0 radical (unpaired) electrons. The summed E-state index contributed by atoms with van der Waals surface area (Å²) in [6.45, 7) is 0. The minimum absolute atomic E-state index is 0. The smallest absolute Gasteiger partial charge is 0.138 e. The Morgan fingerprint density at radius 3 is 3.04 bits per heavy atom. The molecule has 2 atom stereocenters. The second kappa shape index (κ2) is 6.42. The fourth-order valence-corrected chi connectivity index (χ4v) is 3.48. The molecule has 0 bridgehead atoms. The van der Waals surface area contributed by atoms with Crippen molar-refractivity contribution >= 4 is 28.5 Å². The summed E-state index contributed by atoms with van der Waals surface area (Å²) in [5, 5.41) is 15.1. The van der Waals surface area contributed by atoms with E-state index < -0.39 is 0 Å². The summed E-state index contributed by atoms with van der Waals surface area (Å²) in [6.07, 6.45) is 7.27. The molecule has 0 spiro atoms. The number of nitrogens with zero attached hydrogens (tertiary/aromatic N) is 2. The van der Waals surface area contributed by atoms with Gasteiger partial charge in [-0.15, -0.1) is 0 Å². The van der Waals surface area contributed by atoms with Gasteiger partial charge in [0.15, 0.2) is 0 Å². The minimum Gasteiger partial charge on any atom is -0.391 e. The third-order valence-corrected chi connectivity index (χ3v) is 4.79. The molecule has 5 nitrogen and oxygen atoms in total. The van der Waals surface area contributed by atoms with Crippen molar-refractivity contribution in [2.24, 2.45) is 0 Å². The summed E-state index contributed by atoms with van der Waals surface area (Å²) in [5.74, 6) is 0.780. The molecule has 0 aromatic carbocycles. The van der Waals surface area contributed by atoms with Gasteiger partial charge in [0.1, 0.15) is 11.5 Å². The first-order chi connectivity index (χ1) is 11.7. The predicted molar refractivity (Wildman–Crippen MR) is 98.3 cm³/mol. The number of aromatic nitrogens is 3. The molecule has 3 aromatic rings. The number of hydrogen-bond donors (Lipinski definition) is 3. The molecule has 0 unspecified atom stereocenters. The largest absolute Gasteiger partial charge is 0.391 e. The minimum atomic E-state index is -0.305. The zero-order chi connectivity index (χ0) is 16.5. The Kier molecular flexibility index (Phi) is 4.12. The van der Waals surface area contributed by atoms with Crippen LogP contribution in [0.25, 0.3) is 22.3 Å². The highest BCUT2D eigenvalue weighted by Crippen LogP contribution is 2.29. The van der Waals surface area contributed by atoms with Crippen molar-refractivity contribution in [3.05, 3.63) is 41.7 Å². The van der Waals surface area contributed by atoms with E-state index in [0.717, 1.165) is 53.8 Å². The highest BCUT2D eigenvalue weighted by atomic mass is 35.5. The molecule has 24 heavy (non-hydrogen) atoms. The van der Waals surface area contributed by atoms with E-state index in [2.05, 4.69) is 15.3 Å². The van der Waals surface area contributed by atoms with Crippen molar-refractivity contribution in [1.29, 1.82) is 0 Å². The summed E-state index contributed by atoms with van der Waals surface area (Å²) < 4.78 is 0. The number of aliphatic hydroxyl groups excluding tert-OH is 1. The summed E-state index contributed by atoms with van der Waals surface area (Å²) in [7, 11) is 0. The van der Waals surface area contributed by atoms with Gasteiger partial charge in [-0.1, -0.05) is 30.5 Å². The molecule has 0 amide bonds. The molecule has 4 rings (SSSR count). The molecule has 1 aliphatic rings. The van der Waals surface area contributed by atoms with Crippen LogP contribution in [-0.4, -0.2) is 32.2 Å². The van der Waals surface area contributed by atoms with Gasteiger partial charge in [0, 0.05) is 24.8 Å². The lowest BCUT2D eigenvalue weighted by atomic mass is 9.92. The average molecular weight is 345 g/mol. The zero-order valence-electron chi connectivity index (χ0n) is 13.2. The number of aliphatic hydroxyl groups is 1. The summed E-state index contributed by atoms with van der Waals surface area (Å²) in [4.78, 5) is 12.2. The van der Waals surface area contributed by atoms with Crippen molar-refractivity contribution in [3.63, 3.8) is 0 Å². The van der Waals surface area contributed by atoms with Crippen molar-refractivity contribution in [2.75, 3.05) is 5.32 Å². The molecule has 0 aliphatic heterocycles. The first kappa shape index (κ1) is 15.4. The molecule has 6 heteroatoms. The lowest BCUT2D eigenvalue weighted by Crippen LogP contribution is -2.36. The monoisotopic (exact) mass is 344 g/mol. The first-order valence-corrected chi connectivity index (χ1v) is 8.63. The predicted octanol–water partition coefficient (Wildman–Crippen LogP) is 4.24. The maximum Gasteiger partial charge on any atom is 0.138 e. The van der Waals surface area contributed by atoms with Gasteiger partial charge < -0.3 is 15.4 Å². The highest BCUT2D eigenvalue weighted by molar-refractivity contribution is 6.31. The lowest BCUT2D eigenvalue weighted by Gasteiger charge is -2.28. The molecule has 1 saturated carbocycles. The molecule has 3 heterocycles. The number of nitrogens with one attached hydrogen (secondary N) is 2. The van der Waals surface area contributed by atoms with Crippen molar-refractivity contribution in [1.82, 2.24) is 15.0 Å². The Labute approximate surface area is 146 Å². The van der Waals surface area contributed by atoms with Gasteiger partial charge in [0.25, 0.3) is 0 Å². The maximum absolute atomic E-state index is 10.1. The third kappa shape index (κ3) is 2.97. The number of hydrogen-bond acceptors (Lipinski definition) is 4. The third-order valence-electron chi connectivity index (χ3n) is 4.59. The zero-order valence-corrected chi connectivity index (χ0v) is 13.9. The van der Waals surface area contributed by atoms with Gasteiger partial charge in [0.2, 0.25) is 0 Å². The second-order valence-electron chi connectivity index (χ2n) is 6.26. The second-order valence-corrected chi connectivity index (χ2v) is 6.70. The number of H-pyrrole nitrogens is 1.